The molecule has 1 saturated carbocycles. The molecule has 0 atom stereocenters. The van der Waals surface area contributed by atoms with Crippen molar-refractivity contribution in [1.29, 1.82) is 0 Å². The minimum Gasteiger partial charge on any atom is -0.456 e. The lowest BCUT2D eigenvalue weighted by Crippen LogP contribution is -2.15. The average molecular weight is 233 g/mol. The number of aryl methyl sites for hydroxylation is 2. The summed E-state index contributed by atoms with van der Waals surface area (Å²) in [7, 11) is 0. The van der Waals surface area contributed by atoms with E-state index in [4.69, 9.17) is 4.42 Å². The van der Waals surface area contributed by atoms with Crippen LogP contribution in [-0.2, 0) is 6.54 Å². The van der Waals surface area contributed by atoms with E-state index in [0.717, 1.165) is 16.7 Å². The SMILES string of the molecule is Cc1ccc2c(C)c(CNC3CC3)oc2c1F. The molecule has 2 aromatic rings. The summed E-state index contributed by atoms with van der Waals surface area (Å²) in [6.07, 6.45) is 2.49. The lowest BCUT2D eigenvalue weighted by atomic mass is 10.1. The summed E-state index contributed by atoms with van der Waals surface area (Å²) in [4.78, 5) is 0. The van der Waals surface area contributed by atoms with Crippen molar-refractivity contribution in [3.8, 4) is 0 Å². The van der Waals surface area contributed by atoms with Crippen LogP contribution in [0.25, 0.3) is 11.0 Å². The highest BCUT2D eigenvalue weighted by Gasteiger charge is 2.22. The number of benzene rings is 1. The topological polar surface area (TPSA) is 25.2 Å². The van der Waals surface area contributed by atoms with E-state index < -0.39 is 0 Å². The van der Waals surface area contributed by atoms with Crippen LogP contribution < -0.4 is 5.32 Å². The Bertz CT molecular complexity index is 569. The quantitative estimate of drug-likeness (QED) is 0.878. The number of fused-ring (bicyclic) bond motifs is 1. The molecule has 2 nitrogen and oxygen atoms in total. The molecule has 1 heterocycles. The van der Waals surface area contributed by atoms with Crippen molar-refractivity contribution >= 4 is 11.0 Å². The molecule has 1 N–H and O–H groups in total. The molecule has 1 aliphatic carbocycles. The summed E-state index contributed by atoms with van der Waals surface area (Å²) < 4.78 is 19.5. The summed E-state index contributed by atoms with van der Waals surface area (Å²) in [6, 6.07) is 4.38. The number of furan rings is 1. The van der Waals surface area contributed by atoms with E-state index in [1.807, 2.05) is 13.0 Å². The Morgan fingerprint density at radius 2 is 2.12 bits per heavy atom. The Balaban J connectivity index is 2.01. The second kappa shape index (κ2) is 3.84. The summed E-state index contributed by atoms with van der Waals surface area (Å²) >= 11 is 0. The first-order valence-electron chi connectivity index (χ1n) is 6.07. The standard InChI is InChI=1S/C14H16FNO/c1-8-3-6-11-9(2)12(7-16-10-4-5-10)17-14(11)13(8)15/h3,6,10,16H,4-5,7H2,1-2H3. The number of rotatable bonds is 3. The maximum absolute atomic E-state index is 13.9. The normalized spacial score (nSPS) is 15.7. The Hall–Kier alpha value is -1.35. The van der Waals surface area contributed by atoms with E-state index in [2.05, 4.69) is 5.32 Å². The van der Waals surface area contributed by atoms with Gasteiger partial charge in [0.15, 0.2) is 11.4 Å². The van der Waals surface area contributed by atoms with E-state index in [9.17, 15) is 4.39 Å². The van der Waals surface area contributed by atoms with Crippen LogP contribution in [0.5, 0.6) is 0 Å². The van der Waals surface area contributed by atoms with Gasteiger partial charge in [-0.25, -0.2) is 4.39 Å². The van der Waals surface area contributed by atoms with Crippen LogP contribution >= 0.6 is 0 Å². The molecule has 0 spiro atoms. The van der Waals surface area contributed by atoms with E-state index in [-0.39, 0.29) is 5.82 Å². The fourth-order valence-electron chi connectivity index (χ4n) is 2.09. The molecule has 1 aliphatic rings. The van der Waals surface area contributed by atoms with E-state index in [1.54, 1.807) is 13.0 Å². The molecule has 3 rings (SSSR count). The molecule has 0 amide bonds. The predicted molar refractivity (Wildman–Crippen MR) is 65.5 cm³/mol. The first-order valence-corrected chi connectivity index (χ1v) is 6.07. The first kappa shape index (κ1) is 10.8. The highest BCUT2D eigenvalue weighted by Crippen LogP contribution is 2.29. The van der Waals surface area contributed by atoms with Crippen molar-refractivity contribution in [2.24, 2.45) is 0 Å². The number of nitrogens with one attached hydrogen (secondary N) is 1. The molecule has 0 unspecified atom stereocenters. The smallest absolute Gasteiger partial charge is 0.170 e. The molecule has 1 fully saturated rings. The van der Waals surface area contributed by atoms with Gasteiger partial charge in [0.25, 0.3) is 0 Å². The molecule has 0 radical (unpaired) electrons. The zero-order valence-corrected chi connectivity index (χ0v) is 10.1. The Morgan fingerprint density at radius 1 is 1.35 bits per heavy atom. The minimum atomic E-state index is -0.233. The molecular formula is C14H16FNO. The molecule has 1 aromatic heterocycles. The highest BCUT2D eigenvalue weighted by atomic mass is 19.1. The third-order valence-electron chi connectivity index (χ3n) is 3.47. The highest BCUT2D eigenvalue weighted by molar-refractivity contribution is 5.83. The van der Waals surface area contributed by atoms with Crippen molar-refractivity contribution in [3.63, 3.8) is 0 Å². The van der Waals surface area contributed by atoms with Crippen LogP contribution in [0, 0.1) is 19.7 Å². The van der Waals surface area contributed by atoms with E-state index in [0.29, 0.717) is 23.7 Å². The van der Waals surface area contributed by atoms with Gasteiger partial charge in [-0.15, -0.1) is 0 Å². The van der Waals surface area contributed by atoms with Crippen LogP contribution in [-0.4, -0.2) is 6.04 Å². The van der Waals surface area contributed by atoms with Crippen molar-refractivity contribution in [3.05, 3.63) is 34.8 Å². The molecule has 90 valence electrons. The number of hydrogen-bond donors (Lipinski definition) is 1. The Kier molecular flexibility index (Phi) is 2.44. The fraction of sp³-hybridized carbons (Fsp3) is 0.429. The fourth-order valence-corrected chi connectivity index (χ4v) is 2.09. The molecule has 17 heavy (non-hydrogen) atoms. The summed E-state index contributed by atoms with van der Waals surface area (Å²) in [6.45, 7) is 4.45. The van der Waals surface area contributed by atoms with Gasteiger partial charge in [-0.1, -0.05) is 12.1 Å². The maximum Gasteiger partial charge on any atom is 0.170 e. The number of halogens is 1. The zero-order valence-electron chi connectivity index (χ0n) is 10.1. The monoisotopic (exact) mass is 233 g/mol. The van der Waals surface area contributed by atoms with Crippen molar-refractivity contribution in [2.45, 2.75) is 39.3 Å². The van der Waals surface area contributed by atoms with Crippen molar-refractivity contribution in [1.82, 2.24) is 5.32 Å². The van der Waals surface area contributed by atoms with Gasteiger partial charge >= 0.3 is 0 Å². The lowest BCUT2D eigenvalue weighted by molar-refractivity contribution is 0.490. The van der Waals surface area contributed by atoms with Gasteiger partial charge in [-0.2, -0.15) is 0 Å². The van der Waals surface area contributed by atoms with E-state index >= 15 is 0 Å². The van der Waals surface area contributed by atoms with Gasteiger partial charge in [0.1, 0.15) is 5.76 Å². The summed E-state index contributed by atoms with van der Waals surface area (Å²) in [5.41, 5.74) is 2.08. The van der Waals surface area contributed by atoms with Gasteiger partial charge in [0.2, 0.25) is 0 Å². The Labute approximate surface area is 99.8 Å². The van der Waals surface area contributed by atoms with Crippen LogP contribution in [0.1, 0.15) is 29.7 Å². The van der Waals surface area contributed by atoms with Crippen LogP contribution in [0.15, 0.2) is 16.5 Å². The second-order valence-electron chi connectivity index (χ2n) is 4.88. The van der Waals surface area contributed by atoms with E-state index in [1.165, 1.54) is 12.8 Å². The average Bonchev–Trinajstić information content (AvgIpc) is 3.08. The van der Waals surface area contributed by atoms with Gasteiger partial charge in [-0.3, -0.25) is 0 Å². The lowest BCUT2D eigenvalue weighted by Gasteiger charge is -1.99. The van der Waals surface area contributed by atoms with Crippen LogP contribution in [0.4, 0.5) is 4.39 Å². The number of hydrogen-bond acceptors (Lipinski definition) is 2. The second-order valence-corrected chi connectivity index (χ2v) is 4.88. The summed E-state index contributed by atoms with van der Waals surface area (Å²) in [5.74, 6) is 0.625. The van der Waals surface area contributed by atoms with Crippen LogP contribution in [0.2, 0.25) is 0 Å². The van der Waals surface area contributed by atoms with Crippen molar-refractivity contribution in [2.75, 3.05) is 0 Å². The molecule has 0 saturated heterocycles. The zero-order chi connectivity index (χ0) is 12.0. The van der Waals surface area contributed by atoms with Crippen molar-refractivity contribution < 1.29 is 8.81 Å². The maximum atomic E-state index is 13.9. The first-order chi connectivity index (χ1) is 8.16. The van der Waals surface area contributed by atoms with Gasteiger partial charge in [0, 0.05) is 11.4 Å². The van der Waals surface area contributed by atoms with Gasteiger partial charge < -0.3 is 9.73 Å². The molecule has 0 aliphatic heterocycles. The largest absolute Gasteiger partial charge is 0.456 e. The third-order valence-corrected chi connectivity index (χ3v) is 3.47. The van der Waals surface area contributed by atoms with Gasteiger partial charge in [0.05, 0.1) is 6.54 Å². The molecule has 0 bridgehead atoms. The van der Waals surface area contributed by atoms with Crippen LogP contribution in [0.3, 0.4) is 0 Å². The Morgan fingerprint density at radius 3 is 2.82 bits per heavy atom. The third kappa shape index (κ3) is 1.84. The van der Waals surface area contributed by atoms with Gasteiger partial charge in [-0.05, 0) is 37.8 Å². The molecular weight excluding hydrogens is 217 g/mol. The molecule has 3 heteroatoms. The molecule has 1 aromatic carbocycles. The summed E-state index contributed by atoms with van der Waals surface area (Å²) in [5, 5.41) is 4.28. The predicted octanol–water partition coefficient (Wildman–Crippen LogP) is 3.44. The minimum absolute atomic E-state index is 0.233.